The third-order valence-electron chi connectivity index (χ3n) is 2.32. The molecule has 2 rings (SSSR count). The van der Waals surface area contributed by atoms with Crippen molar-refractivity contribution in [2.24, 2.45) is 7.05 Å². The Kier molecular flexibility index (Phi) is 2.00. The molecule has 0 radical (unpaired) electrons. The normalized spacial score (nSPS) is 10.4. The second-order valence-electron chi connectivity index (χ2n) is 3.34. The molecule has 0 amide bonds. The van der Waals surface area contributed by atoms with E-state index in [0.717, 1.165) is 16.8 Å². The van der Waals surface area contributed by atoms with E-state index < -0.39 is 0 Å². The van der Waals surface area contributed by atoms with Crippen LogP contribution in [0.4, 0.5) is 0 Å². The molecule has 0 aliphatic carbocycles. The fourth-order valence-electron chi connectivity index (χ4n) is 1.52. The van der Waals surface area contributed by atoms with Gasteiger partial charge >= 0.3 is 0 Å². The quantitative estimate of drug-likeness (QED) is 0.744. The third-order valence-corrected chi connectivity index (χ3v) is 2.32. The lowest BCUT2D eigenvalue weighted by molar-refractivity contribution is 0.475. The second kappa shape index (κ2) is 3.18. The van der Waals surface area contributed by atoms with Crippen molar-refractivity contribution < 1.29 is 5.11 Å². The van der Waals surface area contributed by atoms with Gasteiger partial charge in [0.15, 0.2) is 0 Å². The van der Waals surface area contributed by atoms with E-state index in [0.29, 0.717) is 0 Å². The lowest BCUT2D eigenvalue weighted by atomic mass is 10.1. The maximum Gasteiger partial charge on any atom is 0.116 e. The van der Waals surface area contributed by atoms with Crippen LogP contribution in [-0.2, 0) is 7.05 Å². The standard InChI is InChI=1S/C11H12N2O/c1-8-3-4-9(14)7-10(8)11-5-6-12-13(11)2/h3-7,14H,1-2H3. The van der Waals surface area contributed by atoms with Gasteiger partial charge in [-0.15, -0.1) is 0 Å². The number of aryl methyl sites for hydroxylation is 2. The molecule has 2 aromatic rings. The first-order chi connectivity index (χ1) is 6.68. The Hall–Kier alpha value is -1.77. The van der Waals surface area contributed by atoms with Gasteiger partial charge in [-0.3, -0.25) is 4.68 Å². The highest BCUT2D eigenvalue weighted by Crippen LogP contribution is 2.26. The van der Waals surface area contributed by atoms with Crippen LogP contribution in [0.15, 0.2) is 30.5 Å². The van der Waals surface area contributed by atoms with E-state index in [1.54, 1.807) is 23.0 Å². The summed E-state index contributed by atoms with van der Waals surface area (Å²) in [6.07, 6.45) is 1.75. The maximum atomic E-state index is 9.40. The molecular formula is C11H12N2O. The lowest BCUT2D eigenvalue weighted by Gasteiger charge is -2.06. The number of phenolic OH excluding ortho intramolecular Hbond substituents is 1. The van der Waals surface area contributed by atoms with Crippen LogP contribution in [0.1, 0.15) is 5.56 Å². The van der Waals surface area contributed by atoms with Crippen molar-refractivity contribution in [3.05, 3.63) is 36.0 Å². The predicted octanol–water partition coefficient (Wildman–Crippen LogP) is 2.10. The van der Waals surface area contributed by atoms with Gasteiger partial charge in [0, 0.05) is 18.8 Å². The Balaban J connectivity index is 2.62. The monoisotopic (exact) mass is 188 g/mol. The van der Waals surface area contributed by atoms with Crippen LogP contribution >= 0.6 is 0 Å². The predicted molar refractivity (Wildman–Crippen MR) is 55.0 cm³/mol. The van der Waals surface area contributed by atoms with E-state index in [-0.39, 0.29) is 5.75 Å². The Morgan fingerprint density at radius 1 is 1.29 bits per heavy atom. The SMILES string of the molecule is Cc1ccc(O)cc1-c1ccnn1C. The van der Waals surface area contributed by atoms with E-state index >= 15 is 0 Å². The van der Waals surface area contributed by atoms with E-state index in [1.807, 2.05) is 26.1 Å². The number of phenols is 1. The summed E-state index contributed by atoms with van der Waals surface area (Å²) in [6, 6.07) is 7.28. The number of rotatable bonds is 1. The molecule has 1 heterocycles. The van der Waals surface area contributed by atoms with Crippen LogP contribution in [0.25, 0.3) is 11.3 Å². The summed E-state index contributed by atoms with van der Waals surface area (Å²) < 4.78 is 1.79. The Labute approximate surface area is 82.6 Å². The van der Waals surface area contributed by atoms with Gasteiger partial charge in [0.1, 0.15) is 5.75 Å². The minimum absolute atomic E-state index is 0.284. The summed E-state index contributed by atoms with van der Waals surface area (Å²) in [5, 5.41) is 13.5. The van der Waals surface area contributed by atoms with E-state index in [4.69, 9.17) is 0 Å². The number of aromatic nitrogens is 2. The number of aromatic hydroxyl groups is 1. The molecule has 14 heavy (non-hydrogen) atoms. The van der Waals surface area contributed by atoms with Crippen molar-refractivity contribution >= 4 is 0 Å². The molecule has 3 nitrogen and oxygen atoms in total. The van der Waals surface area contributed by atoms with Gasteiger partial charge in [-0.25, -0.2) is 0 Å². The summed E-state index contributed by atoms with van der Waals surface area (Å²) in [5.41, 5.74) is 3.16. The first-order valence-corrected chi connectivity index (χ1v) is 4.46. The van der Waals surface area contributed by atoms with Crippen LogP contribution in [-0.4, -0.2) is 14.9 Å². The summed E-state index contributed by atoms with van der Waals surface area (Å²) in [5.74, 6) is 0.284. The zero-order valence-electron chi connectivity index (χ0n) is 8.23. The number of benzene rings is 1. The molecular weight excluding hydrogens is 176 g/mol. The van der Waals surface area contributed by atoms with Gasteiger partial charge in [0.2, 0.25) is 0 Å². The fourth-order valence-corrected chi connectivity index (χ4v) is 1.52. The molecule has 0 saturated heterocycles. The molecule has 1 aromatic heterocycles. The topological polar surface area (TPSA) is 38.1 Å². The van der Waals surface area contributed by atoms with Gasteiger partial charge in [0.05, 0.1) is 5.69 Å². The lowest BCUT2D eigenvalue weighted by Crippen LogP contribution is -1.94. The van der Waals surface area contributed by atoms with Gasteiger partial charge in [0.25, 0.3) is 0 Å². The number of nitrogens with zero attached hydrogens (tertiary/aromatic N) is 2. The number of hydrogen-bond acceptors (Lipinski definition) is 2. The first kappa shape index (κ1) is 8.81. The minimum Gasteiger partial charge on any atom is -0.508 e. The zero-order chi connectivity index (χ0) is 10.1. The molecule has 0 aliphatic rings. The highest BCUT2D eigenvalue weighted by Gasteiger charge is 2.06. The third kappa shape index (κ3) is 1.37. The summed E-state index contributed by atoms with van der Waals surface area (Å²) in [7, 11) is 1.89. The average molecular weight is 188 g/mol. The van der Waals surface area contributed by atoms with Crippen molar-refractivity contribution in [2.45, 2.75) is 6.92 Å². The second-order valence-corrected chi connectivity index (χ2v) is 3.34. The van der Waals surface area contributed by atoms with Crippen molar-refractivity contribution in [1.29, 1.82) is 0 Å². The van der Waals surface area contributed by atoms with E-state index in [1.165, 1.54) is 0 Å². The van der Waals surface area contributed by atoms with Crippen molar-refractivity contribution in [3.63, 3.8) is 0 Å². The Morgan fingerprint density at radius 3 is 2.71 bits per heavy atom. The van der Waals surface area contributed by atoms with Crippen LogP contribution in [0.2, 0.25) is 0 Å². The molecule has 0 unspecified atom stereocenters. The van der Waals surface area contributed by atoms with E-state index in [2.05, 4.69) is 5.10 Å². The van der Waals surface area contributed by atoms with Crippen molar-refractivity contribution in [3.8, 4) is 17.0 Å². The molecule has 0 aliphatic heterocycles. The fraction of sp³-hybridized carbons (Fsp3) is 0.182. The molecule has 3 heteroatoms. The highest BCUT2D eigenvalue weighted by atomic mass is 16.3. The molecule has 0 spiro atoms. The highest BCUT2D eigenvalue weighted by molar-refractivity contribution is 5.65. The van der Waals surface area contributed by atoms with Crippen LogP contribution < -0.4 is 0 Å². The maximum absolute atomic E-state index is 9.40. The molecule has 72 valence electrons. The molecule has 0 fully saturated rings. The Morgan fingerprint density at radius 2 is 2.07 bits per heavy atom. The van der Waals surface area contributed by atoms with Crippen molar-refractivity contribution in [1.82, 2.24) is 9.78 Å². The minimum atomic E-state index is 0.284. The molecule has 0 atom stereocenters. The summed E-state index contributed by atoms with van der Waals surface area (Å²) >= 11 is 0. The van der Waals surface area contributed by atoms with Crippen molar-refractivity contribution in [2.75, 3.05) is 0 Å². The number of hydrogen-bond donors (Lipinski definition) is 1. The first-order valence-electron chi connectivity index (χ1n) is 4.46. The molecule has 0 bridgehead atoms. The van der Waals surface area contributed by atoms with Crippen LogP contribution in [0.3, 0.4) is 0 Å². The largest absolute Gasteiger partial charge is 0.508 e. The van der Waals surface area contributed by atoms with Crippen LogP contribution in [0, 0.1) is 6.92 Å². The molecule has 1 aromatic carbocycles. The van der Waals surface area contributed by atoms with Gasteiger partial charge in [-0.05, 0) is 30.7 Å². The van der Waals surface area contributed by atoms with E-state index in [9.17, 15) is 5.11 Å². The summed E-state index contributed by atoms with van der Waals surface area (Å²) in [4.78, 5) is 0. The van der Waals surface area contributed by atoms with Gasteiger partial charge in [-0.1, -0.05) is 6.07 Å². The molecule has 0 saturated carbocycles. The zero-order valence-corrected chi connectivity index (χ0v) is 8.23. The Bertz CT molecular complexity index is 460. The summed E-state index contributed by atoms with van der Waals surface area (Å²) in [6.45, 7) is 2.02. The smallest absolute Gasteiger partial charge is 0.116 e. The average Bonchev–Trinajstić information content (AvgIpc) is 2.56. The molecule has 1 N–H and O–H groups in total. The van der Waals surface area contributed by atoms with Crippen LogP contribution in [0.5, 0.6) is 5.75 Å². The van der Waals surface area contributed by atoms with Gasteiger partial charge in [-0.2, -0.15) is 5.10 Å². The van der Waals surface area contributed by atoms with Gasteiger partial charge < -0.3 is 5.11 Å².